The van der Waals surface area contributed by atoms with Crippen molar-refractivity contribution in [2.45, 2.75) is 25.8 Å². The minimum absolute atomic E-state index is 0.311. The van der Waals surface area contributed by atoms with Crippen molar-refractivity contribution >= 4 is 40.8 Å². The molecule has 0 saturated carbocycles. The molecule has 150 valence electrons. The first-order valence-corrected chi connectivity index (χ1v) is 10.4. The number of likely N-dealkylation sites (tertiary alicyclic amines) is 1. The van der Waals surface area contributed by atoms with Crippen molar-refractivity contribution in [3.05, 3.63) is 62.6 Å². The number of aliphatic carboxylic acids is 1. The zero-order valence-electron chi connectivity index (χ0n) is 15.5. The molecule has 2 atom stereocenters. The maximum absolute atomic E-state index is 11.6. The minimum atomic E-state index is -0.781. The Morgan fingerprint density at radius 3 is 2.75 bits per heavy atom. The van der Waals surface area contributed by atoms with E-state index in [9.17, 15) is 9.90 Å². The summed E-state index contributed by atoms with van der Waals surface area (Å²) in [7, 11) is 0. The van der Waals surface area contributed by atoms with Crippen LogP contribution in [-0.4, -0.2) is 35.7 Å². The number of carboxylic acids is 1. The predicted octanol–water partition coefficient (Wildman–Crippen LogP) is 5.93. The molecule has 2 unspecified atom stereocenters. The molecule has 0 aromatic heterocycles. The van der Waals surface area contributed by atoms with E-state index in [1.165, 1.54) is 0 Å². The molecule has 1 N–H and O–H groups in total. The van der Waals surface area contributed by atoms with Gasteiger partial charge < -0.3 is 9.84 Å². The molecule has 0 radical (unpaired) electrons. The van der Waals surface area contributed by atoms with Gasteiger partial charge in [0.15, 0.2) is 0 Å². The van der Waals surface area contributed by atoms with Crippen LogP contribution in [0.2, 0.25) is 15.1 Å². The molecule has 1 heterocycles. The van der Waals surface area contributed by atoms with Gasteiger partial charge in [0.05, 0.1) is 28.6 Å². The number of halogens is 3. The number of ether oxygens (including phenoxy) is 1. The topological polar surface area (TPSA) is 49.8 Å². The average molecular weight is 443 g/mol. The summed E-state index contributed by atoms with van der Waals surface area (Å²) in [4.78, 5) is 13.8. The summed E-state index contributed by atoms with van der Waals surface area (Å²) in [6, 6.07) is 10.7. The molecule has 28 heavy (non-hydrogen) atoms. The SMILES string of the molecule is CCOc1ccc(Cl)cc1C(c1cccc(Cl)c1Cl)N1CCCC(C(=O)O)C1. The molecule has 1 fully saturated rings. The van der Waals surface area contributed by atoms with E-state index in [2.05, 4.69) is 4.90 Å². The van der Waals surface area contributed by atoms with Crippen LogP contribution < -0.4 is 4.74 Å². The molecule has 7 heteroatoms. The Morgan fingerprint density at radius 1 is 1.25 bits per heavy atom. The van der Waals surface area contributed by atoms with Gasteiger partial charge in [0.1, 0.15) is 5.75 Å². The normalized spacial score (nSPS) is 18.6. The zero-order chi connectivity index (χ0) is 20.3. The van der Waals surface area contributed by atoms with Crippen LogP contribution in [0, 0.1) is 5.92 Å². The summed E-state index contributed by atoms with van der Waals surface area (Å²) in [5.74, 6) is -0.508. The second-order valence-electron chi connectivity index (χ2n) is 6.83. The highest BCUT2D eigenvalue weighted by atomic mass is 35.5. The molecule has 0 amide bonds. The number of benzene rings is 2. The van der Waals surface area contributed by atoms with E-state index in [1.807, 2.05) is 31.2 Å². The number of rotatable bonds is 6. The Kier molecular flexibility index (Phi) is 7.10. The monoisotopic (exact) mass is 441 g/mol. The number of nitrogens with zero attached hydrogens (tertiary/aromatic N) is 1. The lowest BCUT2D eigenvalue weighted by atomic mass is 9.91. The van der Waals surface area contributed by atoms with E-state index in [0.29, 0.717) is 40.4 Å². The number of piperidine rings is 1. The number of hydrogen-bond acceptors (Lipinski definition) is 3. The van der Waals surface area contributed by atoms with Crippen LogP contribution in [0.5, 0.6) is 5.75 Å². The van der Waals surface area contributed by atoms with E-state index in [0.717, 1.165) is 24.1 Å². The molecule has 0 aliphatic carbocycles. The average Bonchev–Trinajstić information content (AvgIpc) is 2.68. The van der Waals surface area contributed by atoms with Gasteiger partial charge in [0, 0.05) is 17.1 Å². The maximum atomic E-state index is 11.6. The molecule has 2 aromatic carbocycles. The van der Waals surface area contributed by atoms with Gasteiger partial charge in [-0.2, -0.15) is 0 Å². The molecule has 4 nitrogen and oxygen atoms in total. The van der Waals surface area contributed by atoms with Gasteiger partial charge in [-0.1, -0.05) is 46.9 Å². The molecular formula is C21H22Cl3NO3. The smallest absolute Gasteiger partial charge is 0.307 e. The van der Waals surface area contributed by atoms with Crippen molar-refractivity contribution in [2.24, 2.45) is 5.92 Å². The third-order valence-corrected chi connectivity index (χ3v) is 6.08. The molecule has 1 aliphatic rings. The lowest BCUT2D eigenvalue weighted by Gasteiger charge is -2.38. The van der Waals surface area contributed by atoms with Crippen LogP contribution in [0.15, 0.2) is 36.4 Å². The molecule has 0 bridgehead atoms. The van der Waals surface area contributed by atoms with E-state index in [4.69, 9.17) is 39.5 Å². The summed E-state index contributed by atoms with van der Waals surface area (Å²) in [6.45, 7) is 3.58. The first kappa shape index (κ1) is 21.3. The van der Waals surface area contributed by atoms with E-state index in [1.54, 1.807) is 12.1 Å². The van der Waals surface area contributed by atoms with Gasteiger partial charge in [0.25, 0.3) is 0 Å². The number of hydrogen-bond donors (Lipinski definition) is 1. The summed E-state index contributed by atoms with van der Waals surface area (Å²) < 4.78 is 5.85. The molecule has 1 saturated heterocycles. The van der Waals surface area contributed by atoms with Gasteiger partial charge in [-0.25, -0.2) is 0 Å². The number of carbonyl (C=O) groups is 1. The van der Waals surface area contributed by atoms with Crippen LogP contribution in [0.1, 0.15) is 36.9 Å². The highest BCUT2D eigenvalue weighted by Crippen LogP contribution is 2.42. The lowest BCUT2D eigenvalue weighted by molar-refractivity contribution is -0.143. The van der Waals surface area contributed by atoms with Crippen molar-refractivity contribution < 1.29 is 14.6 Å². The predicted molar refractivity (Wildman–Crippen MR) is 113 cm³/mol. The lowest BCUT2D eigenvalue weighted by Crippen LogP contribution is -2.41. The van der Waals surface area contributed by atoms with Crippen LogP contribution in [-0.2, 0) is 4.79 Å². The Hall–Kier alpha value is -1.46. The number of carboxylic acid groups (broad SMARTS) is 1. The molecule has 1 aliphatic heterocycles. The van der Waals surface area contributed by atoms with Gasteiger partial charge >= 0.3 is 5.97 Å². The maximum Gasteiger partial charge on any atom is 0.307 e. The third-order valence-electron chi connectivity index (χ3n) is 5.01. The largest absolute Gasteiger partial charge is 0.494 e. The second kappa shape index (κ2) is 9.36. The summed E-state index contributed by atoms with van der Waals surface area (Å²) in [6.07, 6.45) is 1.45. The minimum Gasteiger partial charge on any atom is -0.494 e. The first-order chi connectivity index (χ1) is 13.4. The fraction of sp³-hybridized carbons (Fsp3) is 0.381. The van der Waals surface area contributed by atoms with Crippen molar-refractivity contribution in [3.63, 3.8) is 0 Å². The highest BCUT2D eigenvalue weighted by Gasteiger charge is 2.34. The fourth-order valence-electron chi connectivity index (χ4n) is 3.76. The van der Waals surface area contributed by atoms with Crippen LogP contribution >= 0.6 is 34.8 Å². The van der Waals surface area contributed by atoms with Crippen LogP contribution in [0.25, 0.3) is 0 Å². The Balaban J connectivity index is 2.14. The van der Waals surface area contributed by atoms with Crippen LogP contribution in [0.4, 0.5) is 0 Å². The summed E-state index contributed by atoms with van der Waals surface area (Å²) in [5.41, 5.74) is 1.66. The van der Waals surface area contributed by atoms with E-state index >= 15 is 0 Å². The van der Waals surface area contributed by atoms with E-state index < -0.39 is 11.9 Å². The first-order valence-electron chi connectivity index (χ1n) is 9.25. The van der Waals surface area contributed by atoms with Crippen molar-refractivity contribution in [1.82, 2.24) is 4.90 Å². The zero-order valence-corrected chi connectivity index (χ0v) is 17.8. The standard InChI is InChI=1S/C21H22Cl3NO3/c1-2-28-18-9-8-14(22)11-16(18)20(15-6-3-7-17(23)19(15)24)25-10-4-5-13(12-25)21(26)27/h3,6-9,11,13,20H,2,4-5,10,12H2,1H3,(H,26,27). The Bertz CT molecular complexity index is 859. The van der Waals surface area contributed by atoms with Crippen molar-refractivity contribution in [2.75, 3.05) is 19.7 Å². The second-order valence-corrected chi connectivity index (χ2v) is 8.05. The third kappa shape index (κ3) is 4.57. The van der Waals surface area contributed by atoms with E-state index in [-0.39, 0.29) is 6.04 Å². The fourth-order valence-corrected chi connectivity index (χ4v) is 4.35. The molecule has 0 spiro atoms. The van der Waals surface area contributed by atoms with Gasteiger partial charge in [0.2, 0.25) is 0 Å². The van der Waals surface area contributed by atoms with Gasteiger partial charge in [-0.15, -0.1) is 0 Å². The summed E-state index contributed by atoms with van der Waals surface area (Å²) >= 11 is 19.2. The Labute approximate surface area is 180 Å². The highest BCUT2D eigenvalue weighted by molar-refractivity contribution is 6.42. The van der Waals surface area contributed by atoms with Crippen LogP contribution in [0.3, 0.4) is 0 Å². The summed E-state index contributed by atoms with van der Waals surface area (Å²) in [5, 5.41) is 11.0. The Morgan fingerprint density at radius 2 is 2.04 bits per heavy atom. The van der Waals surface area contributed by atoms with Crippen molar-refractivity contribution in [3.8, 4) is 5.75 Å². The molecule has 3 rings (SSSR count). The van der Waals surface area contributed by atoms with Crippen molar-refractivity contribution in [1.29, 1.82) is 0 Å². The molecular weight excluding hydrogens is 421 g/mol. The quantitative estimate of drug-likeness (QED) is 0.602. The van der Waals surface area contributed by atoms with Gasteiger partial charge in [-0.05, 0) is 56.1 Å². The van der Waals surface area contributed by atoms with Gasteiger partial charge in [-0.3, -0.25) is 9.69 Å². The molecule has 2 aromatic rings.